The lowest BCUT2D eigenvalue weighted by molar-refractivity contribution is 0.0611. The molecule has 0 aromatic carbocycles. The first-order chi connectivity index (χ1) is 6.65. The van der Waals surface area contributed by atoms with Crippen molar-refractivity contribution >= 4 is 0 Å². The van der Waals surface area contributed by atoms with Gasteiger partial charge in [-0.2, -0.15) is 5.10 Å². The van der Waals surface area contributed by atoms with Gasteiger partial charge in [0, 0.05) is 13.2 Å². The van der Waals surface area contributed by atoms with E-state index in [-0.39, 0.29) is 12.1 Å². The van der Waals surface area contributed by atoms with Crippen molar-refractivity contribution < 1.29 is 4.74 Å². The predicted octanol–water partition coefficient (Wildman–Crippen LogP) is 1.11. The molecule has 0 bridgehead atoms. The van der Waals surface area contributed by atoms with Crippen LogP contribution in [0.1, 0.15) is 25.6 Å². The Kier molecular flexibility index (Phi) is 4.10. The molecule has 1 heterocycles. The molecule has 0 aliphatic rings. The van der Waals surface area contributed by atoms with E-state index in [1.807, 2.05) is 38.7 Å². The summed E-state index contributed by atoms with van der Waals surface area (Å²) in [4.78, 5) is 0. The number of nitrogens with one attached hydrogen (secondary N) is 1. The Bertz CT molecular complexity index is 270. The molecule has 4 nitrogen and oxygen atoms in total. The third kappa shape index (κ3) is 2.82. The predicted molar refractivity (Wildman–Crippen MR) is 56.1 cm³/mol. The summed E-state index contributed by atoms with van der Waals surface area (Å²) in [6.45, 7) is 4.75. The number of rotatable bonds is 5. The highest BCUT2D eigenvalue weighted by Crippen LogP contribution is 2.11. The molecule has 0 radical (unpaired) electrons. The summed E-state index contributed by atoms with van der Waals surface area (Å²) in [7, 11) is 3.87. The molecule has 1 atom stereocenters. The van der Waals surface area contributed by atoms with Crippen LogP contribution >= 0.6 is 0 Å². The topological polar surface area (TPSA) is 39.1 Å². The fourth-order valence-electron chi connectivity index (χ4n) is 1.33. The average Bonchev–Trinajstić information content (AvgIpc) is 2.53. The second kappa shape index (κ2) is 5.12. The van der Waals surface area contributed by atoms with Crippen LogP contribution in [0.5, 0.6) is 0 Å². The van der Waals surface area contributed by atoms with Gasteiger partial charge in [-0.3, -0.25) is 4.68 Å². The van der Waals surface area contributed by atoms with Crippen molar-refractivity contribution in [2.75, 3.05) is 13.7 Å². The monoisotopic (exact) mass is 197 g/mol. The summed E-state index contributed by atoms with van der Waals surface area (Å²) in [5.41, 5.74) is 1.15. The smallest absolute Gasteiger partial charge is 0.0727 e. The molecule has 1 rings (SSSR count). The van der Waals surface area contributed by atoms with Gasteiger partial charge >= 0.3 is 0 Å². The molecule has 0 amide bonds. The van der Waals surface area contributed by atoms with Gasteiger partial charge < -0.3 is 10.1 Å². The number of aromatic nitrogens is 2. The van der Waals surface area contributed by atoms with Crippen molar-refractivity contribution in [2.24, 2.45) is 7.05 Å². The number of hydrogen-bond acceptors (Lipinski definition) is 3. The van der Waals surface area contributed by atoms with E-state index in [0.717, 1.165) is 5.69 Å². The van der Waals surface area contributed by atoms with E-state index in [9.17, 15) is 0 Å². The summed E-state index contributed by atoms with van der Waals surface area (Å²) in [5.74, 6) is 0. The molecule has 0 saturated carbocycles. The number of likely N-dealkylation sites (N-methyl/N-ethyl adjacent to an activating group) is 1. The van der Waals surface area contributed by atoms with Crippen LogP contribution in [0, 0.1) is 0 Å². The SMILES string of the molecule is CNC(COC(C)C)c1ccnn1C. The molecule has 4 heteroatoms. The molecule has 0 fully saturated rings. The van der Waals surface area contributed by atoms with Crippen molar-refractivity contribution in [2.45, 2.75) is 26.0 Å². The average molecular weight is 197 g/mol. The van der Waals surface area contributed by atoms with Crippen molar-refractivity contribution in [1.82, 2.24) is 15.1 Å². The maximum absolute atomic E-state index is 5.57. The van der Waals surface area contributed by atoms with Crippen LogP contribution in [-0.2, 0) is 11.8 Å². The molecular weight excluding hydrogens is 178 g/mol. The number of aryl methyl sites for hydroxylation is 1. The van der Waals surface area contributed by atoms with Crippen molar-refractivity contribution in [3.63, 3.8) is 0 Å². The first-order valence-corrected chi connectivity index (χ1v) is 4.92. The van der Waals surface area contributed by atoms with Crippen LogP contribution in [0.25, 0.3) is 0 Å². The van der Waals surface area contributed by atoms with E-state index in [1.54, 1.807) is 6.20 Å². The normalized spacial score (nSPS) is 13.5. The second-order valence-electron chi connectivity index (χ2n) is 3.60. The molecule has 0 aliphatic carbocycles. The first kappa shape index (κ1) is 11.2. The van der Waals surface area contributed by atoms with Crippen LogP contribution in [0.15, 0.2) is 12.3 Å². The van der Waals surface area contributed by atoms with Gasteiger partial charge in [-0.15, -0.1) is 0 Å². The fourth-order valence-corrected chi connectivity index (χ4v) is 1.33. The van der Waals surface area contributed by atoms with Crippen molar-refractivity contribution in [3.05, 3.63) is 18.0 Å². The Hall–Kier alpha value is -0.870. The number of ether oxygens (including phenoxy) is 1. The maximum Gasteiger partial charge on any atom is 0.0727 e. The van der Waals surface area contributed by atoms with E-state index in [2.05, 4.69) is 10.4 Å². The summed E-state index contributed by atoms with van der Waals surface area (Å²) in [5, 5.41) is 7.35. The lowest BCUT2D eigenvalue weighted by atomic mass is 10.2. The summed E-state index contributed by atoms with van der Waals surface area (Å²) in [6.07, 6.45) is 2.06. The maximum atomic E-state index is 5.57. The van der Waals surface area contributed by atoms with E-state index >= 15 is 0 Å². The Labute approximate surface area is 85.3 Å². The summed E-state index contributed by atoms with van der Waals surface area (Å²) in [6, 6.07) is 2.22. The zero-order valence-electron chi connectivity index (χ0n) is 9.32. The van der Waals surface area contributed by atoms with Gasteiger partial charge in [0.1, 0.15) is 0 Å². The third-order valence-electron chi connectivity index (χ3n) is 2.16. The number of nitrogens with zero attached hydrogens (tertiary/aromatic N) is 2. The van der Waals surface area contributed by atoms with E-state index in [4.69, 9.17) is 4.74 Å². The molecule has 14 heavy (non-hydrogen) atoms. The third-order valence-corrected chi connectivity index (χ3v) is 2.16. The molecule has 1 aromatic rings. The first-order valence-electron chi connectivity index (χ1n) is 4.92. The largest absolute Gasteiger partial charge is 0.377 e. The molecule has 1 N–H and O–H groups in total. The van der Waals surface area contributed by atoms with Gasteiger partial charge in [0.2, 0.25) is 0 Å². The summed E-state index contributed by atoms with van der Waals surface area (Å²) < 4.78 is 7.44. The minimum atomic E-state index is 0.213. The second-order valence-corrected chi connectivity index (χ2v) is 3.60. The molecule has 0 aliphatic heterocycles. The molecule has 1 aromatic heterocycles. The van der Waals surface area contributed by atoms with Gasteiger partial charge in [-0.05, 0) is 27.0 Å². The van der Waals surface area contributed by atoms with Crippen molar-refractivity contribution in [1.29, 1.82) is 0 Å². The fraction of sp³-hybridized carbons (Fsp3) is 0.700. The van der Waals surface area contributed by atoms with Crippen molar-refractivity contribution in [3.8, 4) is 0 Å². The van der Waals surface area contributed by atoms with E-state index in [0.29, 0.717) is 6.61 Å². The molecule has 0 saturated heterocycles. The van der Waals surface area contributed by atoms with Gasteiger partial charge in [-0.1, -0.05) is 0 Å². The van der Waals surface area contributed by atoms with Gasteiger partial charge in [0.05, 0.1) is 24.4 Å². The molecule has 80 valence electrons. The standard InChI is InChI=1S/C10H19N3O/c1-8(2)14-7-9(11-3)10-5-6-12-13(10)4/h5-6,8-9,11H,7H2,1-4H3. The lowest BCUT2D eigenvalue weighted by Crippen LogP contribution is -2.25. The summed E-state index contributed by atoms with van der Waals surface area (Å²) >= 11 is 0. The molecule has 0 spiro atoms. The highest BCUT2D eigenvalue weighted by Gasteiger charge is 2.13. The quantitative estimate of drug-likeness (QED) is 0.768. The highest BCUT2D eigenvalue weighted by molar-refractivity contribution is 5.06. The zero-order chi connectivity index (χ0) is 10.6. The Morgan fingerprint density at radius 3 is 2.71 bits per heavy atom. The lowest BCUT2D eigenvalue weighted by Gasteiger charge is -2.18. The van der Waals surface area contributed by atoms with Crippen LogP contribution in [-0.4, -0.2) is 29.5 Å². The van der Waals surface area contributed by atoms with E-state index in [1.165, 1.54) is 0 Å². The van der Waals surface area contributed by atoms with Crippen LogP contribution in [0.3, 0.4) is 0 Å². The zero-order valence-corrected chi connectivity index (χ0v) is 9.32. The van der Waals surface area contributed by atoms with Crippen LogP contribution in [0.2, 0.25) is 0 Å². The molecular formula is C10H19N3O. The van der Waals surface area contributed by atoms with Gasteiger partial charge in [0.15, 0.2) is 0 Å². The highest BCUT2D eigenvalue weighted by atomic mass is 16.5. The number of hydrogen-bond donors (Lipinski definition) is 1. The van der Waals surface area contributed by atoms with Gasteiger partial charge in [-0.25, -0.2) is 0 Å². The van der Waals surface area contributed by atoms with Crippen LogP contribution < -0.4 is 5.32 Å². The Balaban J connectivity index is 2.58. The Morgan fingerprint density at radius 1 is 1.57 bits per heavy atom. The minimum absolute atomic E-state index is 0.213. The van der Waals surface area contributed by atoms with E-state index < -0.39 is 0 Å². The minimum Gasteiger partial charge on any atom is -0.377 e. The van der Waals surface area contributed by atoms with Gasteiger partial charge in [0.25, 0.3) is 0 Å². The Morgan fingerprint density at radius 2 is 2.29 bits per heavy atom. The molecule has 1 unspecified atom stereocenters. The van der Waals surface area contributed by atoms with Crippen LogP contribution in [0.4, 0.5) is 0 Å².